The quantitative estimate of drug-likeness (QED) is 0.798. The number of rotatable bonds is 7. The number of hydrogen-bond acceptors (Lipinski definition) is 5. The van der Waals surface area contributed by atoms with Crippen molar-refractivity contribution >= 4 is 21.6 Å². The molecule has 1 aromatic heterocycles. The van der Waals surface area contributed by atoms with Crippen LogP contribution in [0.25, 0.3) is 0 Å². The lowest BCUT2D eigenvalue weighted by molar-refractivity contribution is -0.116. The number of nitrogens with zero attached hydrogens (tertiary/aromatic N) is 2. The van der Waals surface area contributed by atoms with Gasteiger partial charge >= 0.3 is 0 Å². The molecule has 0 spiro atoms. The molecule has 0 radical (unpaired) electrons. The maximum Gasteiger partial charge on any atom is 0.246 e. The molecule has 1 amide bonds. The number of amides is 1. The maximum absolute atomic E-state index is 12.4. The number of carbonyl (C=O) groups is 1. The molecule has 0 fully saturated rings. The summed E-state index contributed by atoms with van der Waals surface area (Å²) in [6, 6.07) is 7.70. The van der Waals surface area contributed by atoms with Crippen LogP contribution in [0.2, 0.25) is 0 Å². The van der Waals surface area contributed by atoms with Crippen molar-refractivity contribution in [3.05, 3.63) is 41.3 Å². The number of anilines is 1. The van der Waals surface area contributed by atoms with Gasteiger partial charge in [-0.3, -0.25) is 4.79 Å². The molecule has 0 saturated carbocycles. The van der Waals surface area contributed by atoms with Crippen molar-refractivity contribution in [1.82, 2.24) is 9.88 Å². The van der Waals surface area contributed by atoms with Gasteiger partial charge < -0.3 is 9.42 Å². The second-order valence-corrected chi connectivity index (χ2v) is 8.17. The third-order valence-electron chi connectivity index (χ3n) is 4.12. The van der Waals surface area contributed by atoms with Crippen molar-refractivity contribution in [2.24, 2.45) is 0 Å². The molecule has 0 aliphatic carbocycles. The number of sulfonamides is 1. The van der Waals surface area contributed by atoms with E-state index in [1.54, 1.807) is 18.7 Å². The molecule has 8 heteroatoms. The van der Waals surface area contributed by atoms with E-state index in [2.05, 4.69) is 23.7 Å². The first-order chi connectivity index (χ1) is 12.1. The molecule has 0 unspecified atom stereocenters. The molecule has 0 aliphatic rings. The average molecular weight is 379 g/mol. The molecule has 0 saturated heterocycles. The van der Waals surface area contributed by atoms with E-state index in [0.29, 0.717) is 11.6 Å². The molecule has 0 bridgehead atoms. The largest absolute Gasteiger partial charge is 0.360 e. The Morgan fingerprint density at radius 2 is 1.85 bits per heavy atom. The molecule has 1 aromatic carbocycles. The van der Waals surface area contributed by atoms with Gasteiger partial charge in [0.05, 0.1) is 0 Å². The fraction of sp³-hybridized carbons (Fsp3) is 0.444. The van der Waals surface area contributed by atoms with E-state index in [4.69, 9.17) is 4.52 Å². The second-order valence-electron chi connectivity index (χ2n) is 6.47. The molecule has 0 atom stereocenters. The SMILES string of the molecule is CC(=O)N(CCNS(=O)(=O)c1c(C)noc1C)c1ccc(C(C)C)cc1. The predicted molar refractivity (Wildman–Crippen MR) is 99.7 cm³/mol. The van der Waals surface area contributed by atoms with Gasteiger partial charge in [-0.2, -0.15) is 0 Å². The number of aryl methyl sites for hydroxylation is 2. The standard InChI is InChI=1S/C18H25N3O4S/c1-12(2)16-6-8-17(9-7-16)21(15(5)22)11-10-19-26(23,24)18-13(3)20-25-14(18)4/h6-9,12,19H,10-11H2,1-5H3. The first kappa shape index (κ1) is 20.1. The molecule has 1 N–H and O–H groups in total. The zero-order chi connectivity index (χ0) is 19.5. The van der Waals surface area contributed by atoms with Gasteiger partial charge in [0, 0.05) is 25.7 Å². The van der Waals surface area contributed by atoms with Crippen molar-refractivity contribution in [3.63, 3.8) is 0 Å². The topological polar surface area (TPSA) is 92.5 Å². The zero-order valence-electron chi connectivity index (χ0n) is 15.7. The van der Waals surface area contributed by atoms with E-state index in [0.717, 1.165) is 5.69 Å². The second kappa shape index (κ2) is 8.01. The van der Waals surface area contributed by atoms with Crippen molar-refractivity contribution in [3.8, 4) is 0 Å². The first-order valence-corrected chi connectivity index (χ1v) is 9.92. The predicted octanol–water partition coefficient (Wildman–Crippen LogP) is 2.75. The lowest BCUT2D eigenvalue weighted by atomic mass is 10.0. The summed E-state index contributed by atoms with van der Waals surface area (Å²) >= 11 is 0. The van der Waals surface area contributed by atoms with Crippen LogP contribution in [-0.4, -0.2) is 32.6 Å². The Labute approximate surface area is 154 Å². The molecule has 2 aromatic rings. The summed E-state index contributed by atoms with van der Waals surface area (Å²) in [5, 5.41) is 3.67. The molecular formula is C18H25N3O4S. The number of benzene rings is 1. The molecule has 0 aliphatic heterocycles. The van der Waals surface area contributed by atoms with Gasteiger partial charge in [-0.25, -0.2) is 13.1 Å². The minimum Gasteiger partial charge on any atom is -0.360 e. The number of aromatic nitrogens is 1. The van der Waals surface area contributed by atoms with Crippen molar-refractivity contribution in [2.75, 3.05) is 18.0 Å². The fourth-order valence-electron chi connectivity index (χ4n) is 2.73. The van der Waals surface area contributed by atoms with Crippen LogP contribution in [0.5, 0.6) is 0 Å². The minimum absolute atomic E-state index is 0.0492. The first-order valence-electron chi connectivity index (χ1n) is 8.44. The van der Waals surface area contributed by atoms with E-state index in [1.807, 2.05) is 24.3 Å². The van der Waals surface area contributed by atoms with Crippen LogP contribution in [0.1, 0.15) is 43.7 Å². The lowest BCUT2D eigenvalue weighted by Gasteiger charge is -2.22. The van der Waals surface area contributed by atoms with Crippen LogP contribution < -0.4 is 9.62 Å². The van der Waals surface area contributed by atoms with Crippen LogP contribution >= 0.6 is 0 Å². The highest BCUT2D eigenvalue weighted by Gasteiger charge is 2.24. The smallest absolute Gasteiger partial charge is 0.246 e. The van der Waals surface area contributed by atoms with Gasteiger partial charge in [-0.05, 0) is 37.5 Å². The van der Waals surface area contributed by atoms with Crippen LogP contribution in [0.3, 0.4) is 0 Å². The van der Waals surface area contributed by atoms with E-state index < -0.39 is 10.0 Å². The number of nitrogens with one attached hydrogen (secondary N) is 1. The molecule has 7 nitrogen and oxygen atoms in total. The Bertz CT molecular complexity index is 851. The summed E-state index contributed by atoms with van der Waals surface area (Å²) in [6.07, 6.45) is 0. The highest BCUT2D eigenvalue weighted by molar-refractivity contribution is 7.89. The van der Waals surface area contributed by atoms with Crippen LogP contribution in [-0.2, 0) is 14.8 Å². The van der Waals surface area contributed by atoms with E-state index in [1.165, 1.54) is 12.5 Å². The van der Waals surface area contributed by atoms with Crippen LogP contribution in [0, 0.1) is 13.8 Å². The number of hydrogen-bond donors (Lipinski definition) is 1. The van der Waals surface area contributed by atoms with Crippen molar-refractivity contribution in [1.29, 1.82) is 0 Å². The van der Waals surface area contributed by atoms with Gasteiger partial charge in [0.15, 0.2) is 5.76 Å². The highest BCUT2D eigenvalue weighted by Crippen LogP contribution is 2.21. The normalized spacial score (nSPS) is 11.8. The van der Waals surface area contributed by atoms with E-state index in [-0.39, 0.29) is 29.7 Å². The third-order valence-corrected chi connectivity index (χ3v) is 5.82. The summed E-state index contributed by atoms with van der Waals surface area (Å²) < 4.78 is 32.3. The van der Waals surface area contributed by atoms with Gasteiger partial charge in [-0.15, -0.1) is 0 Å². The van der Waals surface area contributed by atoms with Gasteiger partial charge in [-0.1, -0.05) is 31.1 Å². The summed E-state index contributed by atoms with van der Waals surface area (Å²) in [5.41, 5.74) is 2.22. The minimum atomic E-state index is -3.74. The Morgan fingerprint density at radius 3 is 2.31 bits per heavy atom. The Balaban J connectivity index is 2.08. The number of carbonyl (C=O) groups excluding carboxylic acids is 1. The van der Waals surface area contributed by atoms with Crippen LogP contribution in [0.4, 0.5) is 5.69 Å². The molecule has 2 rings (SSSR count). The average Bonchev–Trinajstić information content (AvgIpc) is 2.91. The summed E-state index contributed by atoms with van der Waals surface area (Å²) in [4.78, 5) is 13.6. The Kier molecular flexibility index (Phi) is 6.20. The van der Waals surface area contributed by atoms with E-state index >= 15 is 0 Å². The lowest BCUT2D eigenvalue weighted by Crippen LogP contribution is -2.37. The summed E-state index contributed by atoms with van der Waals surface area (Å²) in [7, 11) is -3.74. The summed E-state index contributed by atoms with van der Waals surface area (Å²) in [5.74, 6) is 0.484. The van der Waals surface area contributed by atoms with Crippen molar-refractivity contribution < 1.29 is 17.7 Å². The Hall–Kier alpha value is -2.19. The fourth-order valence-corrected chi connectivity index (χ4v) is 4.08. The summed E-state index contributed by atoms with van der Waals surface area (Å²) in [6.45, 7) is 9.08. The monoisotopic (exact) mass is 379 g/mol. The highest BCUT2D eigenvalue weighted by atomic mass is 32.2. The van der Waals surface area contributed by atoms with Gasteiger partial charge in [0.2, 0.25) is 15.9 Å². The van der Waals surface area contributed by atoms with E-state index in [9.17, 15) is 13.2 Å². The molecule has 142 valence electrons. The maximum atomic E-state index is 12.4. The van der Waals surface area contributed by atoms with Crippen molar-refractivity contribution in [2.45, 2.75) is 45.4 Å². The molecular weight excluding hydrogens is 354 g/mol. The van der Waals surface area contributed by atoms with Gasteiger partial charge in [0.25, 0.3) is 0 Å². The Morgan fingerprint density at radius 1 is 1.23 bits per heavy atom. The molecule has 26 heavy (non-hydrogen) atoms. The van der Waals surface area contributed by atoms with Gasteiger partial charge in [0.1, 0.15) is 10.6 Å². The third kappa shape index (κ3) is 4.50. The van der Waals surface area contributed by atoms with Crippen LogP contribution in [0.15, 0.2) is 33.7 Å². The zero-order valence-corrected chi connectivity index (χ0v) is 16.6. The molecule has 1 heterocycles.